The molecule has 31 heavy (non-hydrogen) atoms. The summed E-state index contributed by atoms with van der Waals surface area (Å²) in [6, 6.07) is 4.76. The topological polar surface area (TPSA) is 55.5 Å². The van der Waals surface area contributed by atoms with Crippen molar-refractivity contribution in [3.63, 3.8) is 0 Å². The number of hydrogen-bond acceptors (Lipinski definition) is 5. The van der Waals surface area contributed by atoms with Gasteiger partial charge in [0.25, 0.3) is 0 Å². The number of alkyl halides is 3. The molecule has 3 aromatic rings. The van der Waals surface area contributed by atoms with Crippen LogP contribution in [0.15, 0.2) is 36.8 Å². The van der Waals surface area contributed by atoms with Gasteiger partial charge in [0.2, 0.25) is 0 Å². The first-order chi connectivity index (χ1) is 14.9. The number of piperidine rings is 1. The highest BCUT2D eigenvalue weighted by Crippen LogP contribution is 2.44. The number of pyridine rings is 2. The summed E-state index contributed by atoms with van der Waals surface area (Å²) in [5.74, 6) is 1.47. The van der Waals surface area contributed by atoms with Crippen molar-refractivity contribution in [2.45, 2.75) is 25.4 Å². The highest BCUT2D eigenvalue weighted by Gasteiger charge is 2.43. The van der Waals surface area contributed by atoms with Crippen LogP contribution in [0, 0.1) is 23.6 Å². The Kier molecular flexibility index (Phi) is 4.94. The maximum absolute atomic E-state index is 14.2. The molecule has 1 aliphatic carbocycles. The molecule has 2 fully saturated rings. The van der Waals surface area contributed by atoms with Crippen molar-refractivity contribution in [1.82, 2.24) is 19.6 Å². The van der Waals surface area contributed by atoms with Crippen molar-refractivity contribution in [3.05, 3.63) is 48.4 Å². The first-order valence-corrected chi connectivity index (χ1v) is 10.3. The normalized spacial score (nSPS) is 23.5. The number of ether oxygens (including phenoxy) is 1. The van der Waals surface area contributed by atoms with Gasteiger partial charge in [0.1, 0.15) is 0 Å². The summed E-state index contributed by atoms with van der Waals surface area (Å²) >= 11 is 0. The molecule has 3 atom stereocenters. The van der Waals surface area contributed by atoms with Crippen LogP contribution in [0.4, 0.5) is 23.2 Å². The van der Waals surface area contributed by atoms with Crippen LogP contribution < -0.4 is 9.64 Å². The van der Waals surface area contributed by atoms with Gasteiger partial charge in [0, 0.05) is 31.9 Å². The van der Waals surface area contributed by atoms with E-state index in [0.717, 1.165) is 25.9 Å². The van der Waals surface area contributed by atoms with E-state index in [1.54, 1.807) is 24.5 Å². The Hall–Kier alpha value is -2.91. The van der Waals surface area contributed by atoms with Crippen LogP contribution >= 0.6 is 0 Å². The minimum absolute atomic E-state index is 0.0597. The van der Waals surface area contributed by atoms with E-state index < -0.39 is 12.8 Å². The predicted octanol–water partition coefficient (Wildman–Crippen LogP) is 3.91. The summed E-state index contributed by atoms with van der Waals surface area (Å²) in [5, 5.41) is 4.46. The standard InChI is InChI=1S/C21H21F4N5O/c22-16-9-26-6-5-17(16)29-10-13-3-4-14(11-29)15(13)8-19-27-20-18(31-12-21(23,24)25)2-1-7-30(20)28-19/h1-2,5-7,9,13-15H,3-4,8,10-12H2/t13-,14+,15?. The third-order valence-corrected chi connectivity index (χ3v) is 6.30. The molecule has 0 N–H and O–H groups in total. The van der Waals surface area contributed by atoms with E-state index in [0.29, 0.717) is 35.7 Å². The molecule has 1 unspecified atom stereocenters. The van der Waals surface area contributed by atoms with Gasteiger partial charge in [-0.05, 0) is 48.8 Å². The maximum Gasteiger partial charge on any atom is 0.422 e. The molecule has 6 nitrogen and oxygen atoms in total. The molecule has 2 aliphatic rings. The third kappa shape index (κ3) is 4.03. The molecule has 3 aromatic heterocycles. The second-order valence-electron chi connectivity index (χ2n) is 8.27. The van der Waals surface area contributed by atoms with Gasteiger partial charge in [0.15, 0.2) is 29.6 Å². The largest absolute Gasteiger partial charge is 0.480 e. The van der Waals surface area contributed by atoms with Crippen molar-refractivity contribution < 1.29 is 22.3 Å². The smallest absolute Gasteiger partial charge is 0.422 e. The van der Waals surface area contributed by atoms with Crippen molar-refractivity contribution in [1.29, 1.82) is 0 Å². The van der Waals surface area contributed by atoms with Crippen LogP contribution in [0.2, 0.25) is 0 Å². The van der Waals surface area contributed by atoms with E-state index in [4.69, 9.17) is 4.74 Å². The quantitative estimate of drug-likeness (QED) is 0.569. The molecule has 0 amide bonds. The van der Waals surface area contributed by atoms with Gasteiger partial charge in [-0.15, -0.1) is 0 Å². The number of nitrogens with zero attached hydrogens (tertiary/aromatic N) is 5. The number of aromatic nitrogens is 4. The monoisotopic (exact) mass is 435 g/mol. The third-order valence-electron chi connectivity index (χ3n) is 6.30. The fraction of sp³-hybridized carbons (Fsp3) is 0.476. The summed E-state index contributed by atoms with van der Waals surface area (Å²) < 4.78 is 58.1. The zero-order valence-corrected chi connectivity index (χ0v) is 16.6. The molecule has 0 radical (unpaired) electrons. The SMILES string of the molecule is Fc1cnccc1N1C[C@H]2CC[C@@H](C1)C2Cc1nc2c(OCC(F)(F)F)cccn2n1. The van der Waals surface area contributed by atoms with Gasteiger partial charge in [-0.3, -0.25) is 4.98 Å². The van der Waals surface area contributed by atoms with Crippen molar-refractivity contribution in [3.8, 4) is 5.75 Å². The molecule has 164 valence electrons. The van der Waals surface area contributed by atoms with Crippen LogP contribution in [0.3, 0.4) is 0 Å². The summed E-state index contributed by atoms with van der Waals surface area (Å²) in [5.41, 5.74) is 0.869. The van der Waals surface area contributed by atoms with Gasteiger partial charge in [0.05, 0.1) is 11.9 Å². The fourth-order valence-corrected chi connectivity index (χ4v) is 4.99. The van der Waals surface area contributed by atoms with E-state index in [2.05, 4.69) is 20.0 Å². The number of fused-ring (bicyclic) bond motifs is 3. The summed E-state index contributed by atoms with van der Waals surface area (Å²) in [6.45, 7) is 0.147. The Morgan fingerprint density at radius 3 is 2.61 bits per heavy atom. The summed E-state index contributed by atoms with van der Waals surface area (Å²) in [6.07, 6.45) is 2.83. The average molecular weight is 435 g/mol. The number of anilines is 1. The number of rotatable bonds is 5. The second-order valence-corrected chi connectivity index (χ2v) is 8.27. The lowest BCUT2D eigenvalue weighted by atomic mass is 9.82. The molecule has 4 heterocycles. The Labute approximate surface area is 175 Å². The van der Waals surface area contributed by atoms with Gasteiger partial charge in [-0.25, -0.2) is 13.9 Å². The minimum atomic E-state index is -4.42. The van der Waals surface area contributed by atoms with Crippen LogP contribution in [-0.2, 0) is 6.42 Å². The molecule has 5 rings (SSSR count). The van der Waals surface area contributed by atoms with Crippen LogP contribution in [0.1, 0.15) is 18.7 Å². The molecule has 1 saturated heterocycles. The molecule has 1 saturated carbocycles. The molecule has 1 aliphatic heterocycles. The highest BCUT2D eigenvalue weighted by atomic mass is 19.4. The maximum atomic E-state index is 14.2. The minimum Gasteiger partial charge on any atom is -0.480 e. The Balaban J connectivity index is 1.32. The molecule has 10 heteroatoms. The molecular formula is C21H21F4N5O. The van der Waals surface area contributed by atoms with E-state index in [1.165, 1.54) is 16.8 Å². The first-order valence-electron chi connectivity index (χ1n) is 10.3. The van der Waals surface area contributed by atoms with Crippen molar-refractivity contribution >= 4 is 11.3 Å². The lowest BCUT2D eigenvalue weighted by Crippen LogP contribution is -2.43. The van der Waals surface area contributed by atoms with E-state index in [-0.39, 0.29) is 17.2 Å². The van der Waals surface area contributed by atoms with E-state index in [1.807, 2.05) is 0 Å². The van der Waals surface area contributed by atoms with Gasteiger partial charge >= 0.3 is 6.18 Å². The predicted molar refractivity (Wildman–Crippen MR) is 104 cm³/mol. The Bertz CT molecular complexity index is 1070. The van der Waals surface area contributed by atoms with Gasteiger partial charge in [-0.2, -0.15) is 18.3 Å². The summed E-state index contributed by atoms with van der Waals surface area (Å²) in [4.78, 5) is 10.4. The van der Waals surface area contributed by atoms with Crippen molar-refractivity contribution in [2.75, 3.05) is 24.6 Å². The number of halogens is 4. The molecular weight excluding hydrogens is 414 g/mol. The molecule has 0 spiro atoms. The van der Waals surface area contributed by atoms with Crippen LogP contribution in [0.5, 0.6) is 5.75 Å². The Morgan fingerprint density at radius 2 is 1.90 bits per heavy atom. The first kappa shape index (κ1) is 20.0. The van der Waals surface area contributed by atoms with E-state index in [9.17, 15) is 17.6 Å². The Morgan fingerprint density at radius 1 is 1.13 bits per heavy atom. The van der Waals surface area contributed by atoms with Gasteiger partial charge in [-0.1, -0.05) is 0 Å². The fourth-order valence-electron chi connectivity index (χ4n) is 4.99. The lowest BCUT2D eigenvalue weighted by molar-refractivity contribution is -0.153. The van der Waals surface area contributed by atoms with Crippen LogP contribution in [0.25, 0.3) is 5.65 Å². The van der Waals surface area contributed by atoms with Crippen LogP contribution in [-0.4, -0.2) is 45.5 Å². The summed E-state index contributed by atoms with van der Waals surface area (Å²) in [7, 11) is 0. The van der Waals surface area contributed by atoms with E-state index >= 15 is 0 Å². The highest BCUT2D eigenvalue weighted by molar-refractivity contribution is 5.53. The molecule has 2 bridgehead atoms. The average Bonchev–Trinajstić information content (AvgIpc) is 3.23. The van der Waals surface area contributed by atoms with Crippen molar-refractivity contribution in [2.24, 2.45) is 17.8 Å². The lowest BCUT2D eigenvalue weighted by Gasteiger charge is -2.39. The zero-order valence-electron chi connectivity index (χ0n) is 16.6. The zero-order chi connectivity index (χ0) is 21.6. The van der Waals surface area contributed by atoms with Gasteiger partial charge < -0.3 is 9.64 Å². The molecule has 0 aromatic carbocycles. The number of hydrogen-bond donors (Lipinski definition) is 0. The second kappa shape index (κ2) is 7.65.